The lowest BCUT2D eigenvalue weighted by molar-refractivity contribution is 0.0723. The Balaban J connectivity index is 2.31. The molecule has 0 aliphatic carbocycles. The number of anilines is 1. The number of hydrogen-bond donors (Lipinski definition) is 2. The molecule has 1 unspecified atom stereocenters. The van der Waals surface area contributed by atoms with Crippen LogP contribution in [0.25, 0.3) is 0 Å². The van der Waals surface area contributed by atoms with Gasteiger partial charge in [0.15, 0.2) is 0 Å². The second-order valence-electron chi connectivity index (χ2n) is 4.34. The van der Waals surface area contributed by atoms with E-state index in [9.17, 15) is 10.2 Å². The van der Waals surface area contributed by atoms with Crippen molar-refractivity contribution in [2.75, 3.05) is 31.3 Å². The van der Waals surface area contributed by atoms with E-state index in [0.717, 1.165) is 17.8 Å². The number of rotatable bonds is 3. The molecule has 2 N–H and O–H groups in total. The largest absolute Gasteiger partial charge is 0.394 e. The lowest BCUT2D eigenvalue weighted by Gasteiger charge is -2.37. The van der Waals surface area contributed by atoms with Crippen LogP contribution < -0.4 is 4.90 Å². The second kappa shape index (κ2) is 5.49. The molecule has 2 rings (SSSR count). The number of benzene rings is 1. The molecule has 0 radical (unpaired) electrons. The normalized spacial score (nSPS) is 22.5. The Kier molecular flexibility index (Phi) is 3.99. The maximum absolute atomic E-state index is 9.77. The smallest absolute Gasteiger partial charge is 0.0781 e. The van der Waals surface area contributed by atoms with E-state index in [4.69, 9.17) is 4.74 Å². The van der Waals surface area contributed by atoms with Crippen LogP contribution in [0.4, 0.5) is 5.69 Å². The fraction of sp³-hybridized carbons (Fsp3) is 0.538. The van der Waals surface area contributed by atoms with Gasteiger partial charge in [0, 0.05) is 17.8 Å². The van der Waals surface area contributed by atoms with E-state index in [1.165, 1.54) is 0 Å². The van der Waals surface area contributed by atoms with Crippen molar-refractivity contribution in [2.24, 2.45) is 0 Å². The molecule has 17 heavy (non-hydrogen) atoms. The van der Waals surface area contributed by atoms with Crippen LogP contribution in [0, 0.1) is 0 Å². The lowest BCUT2D eigenvalue weighted by Crippen LogP contribution is -2.48. The number of aliphatic hydroxyl groups excluding tert-OH is 2. The maximum Gasteiger partial charge on any atom is 0.0781 e. The molecule has 1 heterocycles. The quantitative estimate of drug-likeness (QED) is 0.821. The number of nitrogens with zero attached hydrogens (tertiary/aromatic N) is 1. The minimum absolute atomic E-state index is 0.0244. The van der Waals surface area contributed by atoms with Gasteiger partial charge >= 0.3 is 0 Å². The van der Waals surface area contributed by atoms with Crippen LogP contribution >= 0.6 is 0 Å². The molecule has 1 fully saturated rings. The zero-order valence-electron chi connectivity index (χ0n) is 10.0. The summed E-state index contributed by atoms with van der Waals surface area (Å²) in [5, 5.41) is 19.1. The summed E-state index contributed by atoms with van der Waals surface area (Å²) in [6.07, 6.45) is -0.506. The standard InChI is InChI=1S/C13H19NO3/c1-10(16)12-4-2-3-5-13(12)14-6-7-17-9-11(14)8-15/h2-5,10-11,15-16H,6-9H2,1H3/t10-,11?/m1/s1. The molecule has 0 saturated carbocycles. The van der Waals surface area contributed by atoms with Gasteiger partial charge in [-0.05, 0) is 13.0 Å². The number of para-hydroxylation sites is 1. The van der Waals surface area contributed by atoms with Crippen molar-refractivity contribution in [3.8, 4) is 0 Å². The number of morpholine rings is 1. The summed E-state index contributed by atoms with van der Waals surface area (Å²) in [5.74, 6) is 0. The molecule has 0 spiro atoms. The molecular weight excluding hydrogens is 218 g/mol. The summed E-state index contributed by atoms with van der Waals surface area (Å²) in [7, 11) is 0. The van der Waals surface area contributed by atoms with E-state index in [2.05, 4.69) is 4.90 Å². The molecule has 4 nitrogen and oxygen atoms in total. The average molecular weight is 237 g/mol. The molecule has 94 valence electrons. The fourth-order valence-electron chi connectivity index (χ4n) is 2.23. The summed E-state index contributed by atoms with van der Waals surface area (Å²) >= 11 is 0. The van der Waals surface area contributed by atoms with Crippen LogP contribution in [0.2, 0.25) is 0 Å². The van der Waals surface area contributed by atoms with E-state index in [1.807, 2.05) is 24.3 Å². The highest BCUT2D eigenvalue weighted by Gasteiger charge is 2.24. The SMILES string of the molecule is C[C@@H](O)c1ccccc1N1CCOCC1CO. The van der Waals surface area contributed by atoms with Crippen LogP contribution in [0.5, 0.6) is 0 Å². The maximum atomic E-state index is 9.77. The minimum atomic E-state index is -0.506. The Labute approximate surface area is 101 Å². The molecule has 0 aromatic heterocycles. The summed E-state index contributed by atoms with van der Waals surface area (Å²) in [6, 6.07) is 7.74. The third kappa shape index (κ3) is 2.60. The van der Waals surface area contributed by atoms with Crippen LogP contribution in [-0.2, 0) is 4.74 Å². The van der Waals surface area contributed by atoms with Gasteiger partial charge < -0.3 is 19.8 Å². The van der Waals surface area contributed by atoms with Gasteiger partial charge in [-0.15, -0.1) is 0 Å². The first-order valence-corrected chi connectivity index (χ1v) is 5.96. The van der Waals surface area contributed by atoms with Crippen molar-refractivity contribution in [2.45, 2.75) is 19.1 Å². The highest BCUT2D eigenvalue weighted by Crippen LogP contribution is 2.28. The van der Waals surface area contributed by atoms with Gasteiger partial charge in [0.25, 0.3) is 0 Å². The van der Waals surface area contributed by atoms with E-state index in [-0.39, 0.29) is 12.6 Å². The first kappa shape index (κ1) is 12.4. The molecule has 1 aliphatic rings. The molecule has 1 aromatic rings. The van der Waals surface area contributed by atoms with Crippen molar-refractivity contribution in [3.63, 3.8) is 0 Å². The molecule has 4 heteroatoms. The van der Waals surface area contributed by atoms with E-state index in [1.54, 1.807) is 6.92 Å². The van der Waals surface area contributed by atoms with Crippen molar-refractivity contribution in [1.29, 1.82) is 0 Å². The fourth-order valence-corrected chi connectivity index (χ4v) is 2.23. The first-order valence-electron chi connectivity index (χ1n) is 5.96. The first-order chi connectivity index (χ1) is 8.24. The van der Waals surface area contributed by atoms with Gasteiger partial charge in [-0.3, -0.25) is 0 Å². The third-order valence-electron chi connectivity index (χ3n) is 3.13. The molecule has 0 amide bonds. The summed E-state index contributed by atoms with van der Waals surface area (Å²) in [4.78, 5) is 2.12. The van der Waals surface area contributed by atoms with Crippen molar-refractivity contribution in [3.05, 3.63) is 29.8 Å². The molecule has 1 saturated heterocycles. The topological polar surface area (TPSA) is 52.9 Å². The zero-order chi connectivity index (χ0) is 12.3. The Hall–Kier alpha value is -1.10. The monoisotopic (exact) mass is 237 g/mol. The molecule has 1 aliphatic heterocycles. The Bertz CT molecular complexity index is 367. The molecular formula is C13H19NO3. The Morgan fingerprint density at radius 2 is 2.24 bits per heavy atom. The molecule has 0 bridgehead atoms. The highest BCUT2D eigenvalue weighted by molar-refractivity contribution is 5.55. The molecule has 2 atom stereocenters. The van der Waals surface area contributed by atoms with Gasteiger partial charge in [0.05, 0.1) is 32.0 Å². The predicted molar refractivity (Wildman–Crippen MR) is 66.1 cm³/mol. The van der Waals surface area contributed by atoms with Crippen LogP contribution in [-0.4, -0.2) is 42.6 Å². The minimum Gasteiger partial charge on any atom is -0.394 e. The van der Waals surface area contributed by atoms with Gasteiger partial charge in [0.2, 0.25) is 0 Å². The molecule has 1 aromatic carbocycles. The Morgan fingerprint density at radius 3 is 2.94 bits per heavy atom. The number of ether oxygens (including phenoxy) is 1. The third-order valence-corrected chi connectivity index (χ3v) is 3.13. The van der Waals surface area contributed by atoms with Crippen molar-refractivity contribution < 1.29 is 14.9 Å². The van der Waals surface area contributed by atoms with E-state index < -0.39 is 6.10 Å². The summed E-state index contributed by atoms with van der Waals surface area (Å²) < 4.78 is 5.36. The average Bonchev–Trinajstić information content (AvgIpc) is 2.38. The zero-order valence-corrected chi connectivity index (χ0v) is 10.0. The number of aliphatic hydroxyl groups is 2. The van der Waals surface area contributed by atoms with Crippen molar-refractivity contribution >= 4 is 5.69 Å². The van der Waals surface area contributed by atoms with E-state index >= 15 is 0 Å². The number of hydrogen-bond acceptors (Lipinski definition) is 4. The second-order valence-corrected chi connectivity index (χ2v) is 4.34. The summed E-state index contributed by atoms with van der Waals surface area (Å²) in [6.45, 7) is 3.76. The summed E-state index contributed by atoms with van der Waals surface area (Å²) in [5.41, 5.74) is 1.89. The van der Waals surface area contributed by atoms with Crippen LogP contribution in [0.1, 0.15) is 18.6 Å². The van der Waals surface area contributed by atoms with Crippen molar-refractivity contribution in [1.82, 2.24) is 0 Å². The van der Waals surface area contributed by atoms with E-state index in [0.29, 0.717) is 13.2 Å². The van der Waals surface area contributed by atoms with Gasteiger partial charge in [-0.2, -0.15) is 0 Å². The van der Waals surface area contributed by atoms with Crippen LogP contribution in [0.15, 0.2) is 24.3 Å². The lowest BCUT2D eigenvalue weighted by atomic mass is 10.1. The van der Waals surface area contributed by atoms with Gasteiger partial charge in [0.1, 0.15) is 0 Å². The Morgan fingerprint density at radius 1 is 1.47 bits per heavy atom. The van der Waals surface area contributed by atoms with Crippen LogP contribution in [0.3, 0.4) is 0 Å². The highest BCUT2D eigenvalue weighted by atomic mass is 16.5. The predicted octanol–water partition coefficient (Wildman–Crippen LogP) is 0.937. The van der Waals surface area contributed by atoms with Gasteiger partial charge in [-0.25, -0.2) is 0 Å². The van der Waals surface area contributed by atoms with Gasteiger partial charge in [-0.1, -0.05) is 18.2 Å².